The van der Waals surface area contributed by atoms with Crippen molar-refractivity contribution >= 4 is 40.9 Å². The highest BCUT2D eigenvalue weighted by Gasteiger charge is 2.53. The average molecular weight is 415 g/mol. The lowest BCUT2D eigenvalue weighted by molar-refractivity contribution is -0.137. The highest BCUT2D eigenvalue weighted by molar-refractivity contribution is 8.01. The van der Waals surface area contributed by atoms with Gasteiger partial charge in [-0.3, -0.25) is 14.4 Å². The number of benzene rings is 1. The second kappa shape index (κ2) is 6.29. The van der Waals surface area contributed by atoms with Crippen LogP contribution in [0, 0.1) is 0 Å². The molecule has 0 bridgehead atoms. The van der Waals surface area contributed by atoms with Gasteiger partial charge in [0.1, 0.15) is 6.04 Å². The van der Waals surface area contributed by atoms with E-state index in [0.29, 0.717) is 18.6 Å². The van der Waals surface area contributed by atoms with Crippen LogP contribution in [0.1, 0.15) is 25.3 Å². The fraction of sp³-hybridized carbons (Fsp3) is 0.471. The van der Waals surface area contributed by atoms with Gasteiger partial charge in [0.25, 0.3) is 5.91 Å². The van der Waals surface area contributed by atoms with Gasteiger partial charge in [-0.1, -0.05) is 0 Å². The van der Waals surface area contributed by atoms with Crippen molar-refractivity contribution in [1.82, 2.24) is 4.90 Å². The molecule has 3 amide bonds. The van der Waals surface area contributed by atoms with E-state index < -0.39 is 34.5 Å². The predicted octanol–water partition coefficient (Wildman–Crippen LogP) is 2.43. The van der Waals surface area contributed by atoms with Crippen molar-refractivity contribution < 1.29 is 32.3 Å². The molecule has 4 rings (SSSR count). The molecule has 2 atom stereocenters. The minimum absolute atomic E-state index is 0.0397. The van der Waals surface area contributed by atoms with Gasteiger partial charge in [0, 0.05) is 12.2 Å². The number of nitrogens with one attached hydrogen (secondary N) is 2. The van der Waals surface area contributed by atoms with Gasteiger partial charge in [-0.25, -0.2) is 0 Å². The molecule has 3 heterocycles. The number of fused-ring (bicyclic) bond motifs is 2. The lowest BCUT2D eigenvalue weighted by Gasteiger charge is -2.30. The van der Waals surface area contributed by atoms with E-state index >= 15 is 0 Å². The summed E-state index contributed by atoms with van der Waals surface area (Å²) in [5, 5.41) is 4.79. The largest absolute Gasteiger partial charge is 0.479 e. The number of hydrogen-bond acceptors (Lipinski definition) is 5. The van der Waals surface area contributed by atoms with E-state index in [2.05, 4.69) is 10.6 Å². The second-order valence-electron chi connectivity index (χ2n) is 6.99. The summed E-state index contributed by atoms with van der Waals surface area (Å²) in [5.74, 6) is -1.01. The third kappa shape index (κ3) is 3.07. The van der Waals surface area contributed by atoms with Crippen LogP contribution in [0.2, 0.25) is 0 Å². The fourth-order valence-electron chi connectivity index (χ4n) is 3.69. The molecule has 1 aromatic rings. The number of hydrogen-bond donors (Lipinski definition) is 2. The van der Waals surface area contributed by atoms with Gasteiger partial charge in [0.05, 0.1) is 21.8 Å². The predicted molar refractivity (Wildman–Crippen MR) is 94.9 cm³/mol. The third-order valence-corrected chi connectivity index (χ3v) is 6.55. The van der Waals surface area contributed by atoms with Crippen LogP contribution in [0.15, 0.2) is 12.1 Å². The highest BCUT2D eigenvalue weighted by atomic mass is 32.2. The number of carbonyl (C=O) groups is 3. The number of nitrogens with zero attached hydrogens (tertiary/aromatic N) is 1. The van der Waals surface area contributed by atoms with E-state index in [1.54, 1.807) is 0 Å². The van der Waals surface area contributed by atoms with Crippen molar-refractivity contribution in [2.45, 2.75) is 36.9 Å². The zero-order chi connectivity index (χ0) is 20.3. The van der Waals surface area contributed by atoms with Gasteiger partial charge in [-0.2, -0.15) is 13.2 Å². The lowest BCUT2D eigenvalue weighted by Crippen LogP contribution is -2.48. The molecule has 28 heavy (non-hydrogen) atoms. The Labute approximate surface area is 162 Å². The first kappa shape index (κ1) is 18.9. The van der Waals surface area contributed by atoms with E-state index in [0.717, 1.165) is 12.1 Å². The first-order valence-corrected chi connectivity index (χ1v) is 9.52. The van der Waals surface area contributed by atoms with Crippen LogP contribution in [0.5, 0.6) is 5.75 Å². The van der Waals surface area contributed by atoms with Crippen LogP contribution in [-0.4, -0.2) is 45.9 Å². The topological polar surface area (TPSA) is 87.7 Å². The maximum absolute atomic E-state index is 13.2. The van der Waals surface area contributed by atoms with Crippen LogP contribution in [0.4, 0.5) is 24.5 Å². The minimum Gasteiger partial charge on any atom is -0.479 e. The number of thioether (sulfide) groups is 1. The molecule has 0 spiro atoms. The van der Waals surface area contributed by atoms with Crippen LogP contribution >= 0.6 is 11.8 Å². The van der Waals surface area contributed by atoms with Crippen molar-refractivity contribution in [1.29, 1.82) is 0 Å². The lowest BCUT2D eigenvalue weighted by atomic mass is 10.1. The molecule has 2 fully saturated rings. The molecule has 0 radical (unpaired) electrons. The van der Waals surface area contributed by atoms with E-state index in [1.807, 2.05) is 6.92 Å². The summed E-state index contributed by atoms with van der Waals surface area (Å²) in [6, 6.07) is 0.740. The van der Waals surface area contributed by atoms with E-state index in [9.17, 15) is 27.6 Å². The monoisotopic (exact) mass is 415 g/mol. The smallest absolute Gasteiger partial charge is 0.416 e. The van der Waals surface area contributed by atoms with Gasteiger partial charge in [0.2, 0.25) is 11.8 Å². The molecule has 0 aliphatic carbocycles. The Kier molecular flexibility index (Phi) is 4.25. The Bertz CT molecular complexity index is 891. The molecule has 0 aromatic heterocycles. The Morgan fingerprint density at radius 1 is 1.39 bits per heavy atom. The second-order valence-corrected chi connectivity index (χ2v) is 8.49. The SMILES string of the molecule is C[C@]12CCC(=O)N1[C@H](C(=O)Nc1cc(C(F)(F)F)cc3c1OCC(=O)N3)CS2. The highest BCUT2D eigenvalue weighted by Crippen LogP contribution is 2.48. The molecular weight excluding hydrogens is 399 g/mol. The number of carbonyl (C=O) groups excluding carboxylic acids is 3. The fourth-order valence-corrected chi connectivity index (χ4v) is 5.12. The Morgan fingerprint density at radius 3 is 2.86 bits per heavy atom. The first-order valence-electron chi connectivity index (χ1n) is 8.53. The number of anilines is 2. The maximum Gasteiger partial charge on any atom is 0.416 e. The van der Waals surface area contributed by atoms with Crippen molar-refractivity contribution in [3.63, 3.8) is 0 Å². The number of rotatable bonds is 2. The zero-order valence-corrected chi connectivity index (χ0v) is 15.5. The summed E-state index contributed by atoms with van der Waals surface area (Å²) in [6.45, 7) is 1.50. The normalized spacial score (nSPS) is 26.4. The van der Waals surface area contributed by atoms with E-state index in [4.69, 9.17) is 4.74 Å². The summed E-state index contributed by atoms with van der Waals surface area (Å²) in [5.41, 5.74) is -1.39. The Balaban J connectivity index is 1.66. The molecule has 11 heteroatoms. The molecule has 0 unspecified atom stereocenters. The minimum atomic E-state index is -4.68. The number of ether oxygens (including phenoxy) is 1. The van der Waals surface area contributed by atoms with Crippen molar-refractivity contribution in [2.24, 2.45) is 0 Å². The Hall–Kier alpha value is -2.43. The van der Waals surface area contributed by atoms with Crippen LogP contribution in [0.25, 0.3) is 0 Å². The summed E-state index contributed by atoms with van der Waals surface area (Å²) < 4.78 is 44.9. The number of amides is 3. The molecule has 0 saturated carbocycles. The van der Waals surface area contributed by atoms with Crippen molar-refractivity contribution in [3.8, 4) is 5.75 Å². The standard InChI is InChI=1S/C17H16F3N3O4S/c1-16-3-2-13(25)23(16)11(7-28-16)15(26)22-10-5-8(17(18,19)20)4-9-14(10)27-6-12(24)21-9/h4-5,11H,2-3,6-7H2,1H3,(H,21,24)(H,22,26)/t11-,16-/m0/s1. The third-order valence-electron chi connectivity index (χ3n) is 5.04. The molecule has 3 aliphatic heterocycles. The van der Waals surface area contributed by atoms with Gasteiger partial charge < -0.3 is 20.3 Å². The van der Waals surface area contributed by atoms with Crippen molar-refractivity contribution in [3.05, 3.63) is 17.7 Å². The molecular formula is C17H16F3N3O4S. The number of alkyl halides is 3. The summed E-state index contributed by atoms with van der Waals surface area (Å²) in [7, 11) is 0. The summed E-state index contributed by atoms with van der Waals surface area (Å²) in [4.78, 5) is 37.5. The van der Waals surface area contributed by atoms with Crippen LogP contribution in [0.3, 0.4) is 0 Å². The zero-order valence-electron chi connectivity index (χ0n) is 14.7. The maximum atomic E-state index is 13.2. The Morgan fingerprint density at radius 2 is 2.14 bits per heavy atom. The summed E-state index contributed by atoms with van der Waals surface area (Å²) >= 11 is 1.48. The van der Waals surface area contributed by atoms with E-state index in [-0.39, 0.29) is 29.6 Å². The molecule has 150 valence electrons. The molecule has 7 nitrogen and oxygen atoms in total. The van der Waals surface area contributed by atoms with Crippen LogP contribution in [-0.2, 0) is 20.6 Å². The van der Waals surface area contributed by atoms with Gasteiger partial charge in [-0.05, 0) is 25.5 Å². The van der Waals surface area contributed by atoms with Crippen LogP contribution < -0.4 is 15.4 Å². The van der Waals surface area contributed by atoms with Gasteiger partial charge >= 0.3 is 6.18 Å². The first-order chi connectivity index (χ1) is 13.1. The summed E-state index contributed by atoms with van der Waals surface area (Å²) in [6.07, 6.45) is -3.72. The molecule has 3 aliphatic rings. The van der Waals surface area contributed by atoms with Gasteiger partial charge in [0.15, 0.2) is 12.4 Å². The average Bonchev–Trinajstić information content (AvgIpc) is 3.10. The van der Waals surface area contributed by atoms with E-state index in [1.165, 1.54) is 16.7 Å². The van der Waals surface area contributed by atoms with Gasteiger partial charge in [-0.15, -0.1) is 11.8 Å². The molecule has 2 N–H and O–H groups in total. The van der Waals surface area contributed by atoms with Crippen molar-refractivity contribution in [2.75, 3.05) is 23.0 Å². The quantitative estimate of drug-likeness (QED) is 0.775. The molecule has 1 aromatic carbocycles. The number of halogens is 3. The molecule has 2 saturated heterocycles.